The number of hydrogen-bond donors (Lipinski definition) is 0. The van der Waals surface area contributed by atoms with Crippen molar-refractivity contribution in [1.29, 1.82) is 0 Å². The largest absolute Gasteiger partial charge is 0.334 e. The highest BCUT2D eigenvalue weighted by atomic mass is 15.0. The molecule has 0 aliphatic rings. The van der Waals surface area contributed by atoms with Gasteiger partial charge in [0, 0.05) is 7.05 Å². The van der Waals surface area contributed by atoms with Crippen molar-refractivity contribution in [1.82, 2.24) is 9.55 Å². The van der Waals surface area contributed by atoms with E-state index in [4.69, 9.17) is 0 Å². The molecular weight excluding hydrogens is 160 g/mol. The standard InChI is InChI=1S/C11H14N2/c1-8(2)9-5-4-6-10-11(9)12-7-13(10)3/h4-8H,1-3H3. The minimum Gasteiger partial charge on any atom is -0.334 e. The topological polar surface area (TPSA) is 17.8 Å². The zero-order valence-corrected chi connectivity index (χ0v) is 8.28. The average molecular weight is 174 g/mol. The fourth-order valence-electron chi connectivity index (χ4n) is 1.65. The van der Waals surface area contributed by atoms with Crippen LogP contribution in [0, 0.1) is 0 Å². The van der Waals surface area contributed by atoms with Crippen LogP contribution in [0.3, 0.4) is 0 Å². The monoisotopic (exact) mass is 174 g/mol. The van der Waals surface area contributed by atoms with Gasteiger partial charge < -0.3 is 4.57 Å². The van der Waals surface area contributed by atoms with E-state index in [1.165, 1.54) is 11.1 Å². The van der Waals surface area contributed by atoms with Gasteiger partial charge in [-0.15, -0.1) is 0 Å². The molecule has 2 heteroatoms. The maximum atomic E-state index is 4.40. The van der Waals surface area contributed by atoms with E-state index in [0.29, 0.717) is 5.92 Å². The van der Waals surface area contributed by atoms with Crippen LogP contribution >= 0.6 is 0 Å². The van der Waals surface area contributed by atoms with Crippen molar-refractivity contribution >= 4 is 11.0 Å². The summed E-state index contributed by atoms with van der Waals surface area (Å²) >= 11 is 0. The number of rotatable bonds is 1. The van der Waals surface area contributed by atoms with Gasteiger partial charge in [0.2, 0.25) is 0 Å². The van der Waals surface area contributed by atoms with Crippen molar-refractivity contribution in [2.45, 2.75) is 19.8 Å². The number of aromatic nitrogens is 2. The van der Waals surface area contributed by atoms with Crippen LogP contribution in [0.15, 0.2) is 24.5 Å². The SMILES string of the molecule is CC(C)c1cccc2c1ncn2C. The van der Waals surface area contributed by atoms with E-state index in [9.17, 15) is 0 Å². The summed E-state index contributed by atoms with van der Waals surface area (Å²) in [4.78, 5) is 4.40. The van der Waals surface area contributed by atoms with Gasteiger partial charge in [-0.2, -0.15) is 0 Å². The number of para-hydroxylation sites is 1. The molecule has 0 saturated carbocycles. The lowest BCUT2D eigenvalue weighted by molar-refractivity contribution is 0.873. The van der Waals surface area contributed by atoms with Crippen LogP contribution in [0.4, 0.5) is 0 Å². The Morgan fingerprint density at radius 3 is 2.77 bits per heavy atom. The highest BCUT2D eigenvalue weighted by Gasteiger charge is 2.07. The molecule has 0 bridgehead atoms. The molecular formula is C11H14N2. The first-order chi connectivity index (χ1) is 6.20. The molecule has 0 unspecified atom stereocenters. The molecule has 0 N–H and O–H groups in total. The summed E-state index contributed by atoms with van der Waals surface area (Å²) in [5.41, 5.74) is 3.68. The summed E-state index contributed by atoms with van der Waals surface area (Å²) in [6.07, 6.45) is 1.87. The van der Waals surface area contributed by atoms with E-state index in [2.05, 4.69) is 41.6 Å². The van der Waals surface area contributed by atoms with Gasteiger partial charge >= 0.3 is 0 Å². The van der Waals surface area contributed by atoms with Gasteiger partial charge in [-0.1, -0.05) is 26.0 Å². The molecule has 0 aliphatic carbocycles. The highest BCUT2D eigenvalue weighted by Crippen LogP contribution is 2.23. The molecule has 0 amide bonds. The van der Waals surface area contributed by atoms with Crippen molar-refractivity contribution in [3.05, 3.63) is 30.1 Å². The van der Waals surface area contributed by atoms with E-state index < -0.39 is 0 Å². The molecule has 1 aromatic heterocycles. The lowest BCUT2D eigenvalue weighted by Gasteiger charge is -2.05. The predicted molar refractivity (Wildman–Crippen MR) is 54.8 cm³/mol. The van der Waals surface area contributed by atoms with Crippen LogP contribution in [0.1, 0.15) is 25.3 Å². The quantitative estimate of drug-likeness (QED) is 0.650. The summed E-state index contributed by atoms with van der Waals surface area (Å²) in [7, 11) is 2.03. The summed E-state index contributed by atoms with van der Waals surface area (Å²) < 4.78 is 2.06. The number of hydrogen-bond acceptors (Lipinski definition) is 1. The Hall–Kier alpha value is -1.31. The van der Waals surface area contributed by atoms with Gasteiger partial charge in [0.05, 0.1) is 17.4 Å². The smallest absolute Gasteiger partial charge is 0.0955 e. The lowest BCUT2D eigenvalue weighted by Crippen LogP contribution is -1.89. The van der Waals surface area contributed by atoms with E-state index in [1.807, 2.05) is 13.4 Å². The maximum absolute atomic E-state index is 4.40. The van der Waals surface area contributed by atoms with Gasteiger partial charge in [-0.25, -0.2) is 4.98 Å². The Labute approximate surface area is 78.2 Å². The molecule has 0 aliphatic heterocycles. The minimum absolute atomic E-state index is 0.540. The second kappa shape index (κ2) is 2.87. The van der Waals surface area contributed by atoms with Gasteiger partial charge in [0.1, 0.15) is 0 Å². The lowest BCUT2D eigenvalue weighted by atomic mass is 10.0. The first-order valence-corrected chi connectivity index (χ1v) is 4.60. The summed E-state index contributed by atoms with van der Waals surface area (Å²) in [5, 5.41) is 0. The van der Waals surface area contributed by atoms with Gasteiger partial charge in [-0.05, 0) is 17.5 Å². The average Bonchev–Trinajstić information content (AvgIpc) is 2.48. The normalized spacial score (nSPS) is 11.4. The minimum atomic E-state index is 0.540. The zero-order chi connectivity index (χ0) is 9.42. The van der Waals surface area contributed by atoms with Crippen molar-refractivity contribution in [3.8, 4) is 0 Å². The summed E-state index contributed by atoms with van der Waals surface area (Å²) in [6.45, 7) is 4.40. The molecule has 1 aromatic carbocycles. The Bertz CT molecular complexity index is 427. The molecule has 2 aromatic rings. The third-order valence-corrected chi connectivity index (χ3v) is 2.41. The number of aryl methyl sites for hydroxylation is 1. The molecule has 1 heterocycles. The molecule has 0 spiro atoms. The van der Waals surface area contributed by atoms with Crippen LogP contribution < -0.4 is 0 Å². The first-order valence-electron chi connectivity index (χ1n) is 4.60. The van der Waals surface area contributed by atoms with Crippen molar-refractivity contribution in [2.75, 3.05) is 0 Å². The molecule has 2 nitrogen and oxygen atoms in total. The second-order valence-electron chi connectivity index (χ2n) is 3.73. The van der Waals surface area contributed by atoms with Crippen molar-refractivity contribution in [3.63, 3.8) is 0 Å². The molecule has 68 valence electrons. The molecule has 2 rings (SSSR count). The Kier molecular flexibility index (Phi) is 1.83. The van der Waals surface area contributed by atoms with E-state index in [1.54, 1.807) is 0 Å². The maximum Gasteiger partial charge on any atom is 0.0955 e. The number of nitrogens with zero attached hydrogens (tertiary/aromatic N) is 2. The van der Waals surface area contributed by atoms with E-state index in [-0.39, 0.29) is 0 Å². The summed E-state index contributed by atoms with van der Waals surface area (Å²) in [6, 6.07) is 6.35. The first kappa shape index (κ1) is 8.30. The van der Waals surface area contributed by atoms with Gasteiger partial charge in [0.15, 0.2) is 0 Å². The molecule has 0 atom stereocenters. The van der Waals surface area contributed by atoms with Crippen LogP contribution in [-0.2, 0) is 7.05 Å². The Morgan fingerprint density at radius 1 is 1.31 bits per heavy atom. The predicted octanol–water partition coefficient (Wildman–Crippen LogP) is 2.70. The Morgan fingerprint density at radius 2 is 2.08 bits per heavy atom. The Balaban J connectivity index is 2.77. The number of fused-ring (bicyclic) bond motifs is 1. The van der Waals surface area contributed by atoms with Crippen molar-refractivity contribution < 1.29 is 0 Å². The third-order valence-electron chi connectivity index (χ3n) is 2.41. The molecule has 0 fully saturated rings. The molecule has 0 radical (unpaired) electrons. The fraction of sp³-hybridized carbons (Fsp3) is 0.364. The summed E-state index contributed by atoms with van der Waals surface area (Å²) in [5.74, 6) is 0.540. The van der Waals surface area contributed by atoms with Gasteiger partial charge in [0.25, 0.3) is 0 Å². The zero-order valence-electron chi connectivity index (χ0n) is 8.28. The number of imidazole rings is 1. The van der Waals surface area contributed by atoms with Crippen molar-refractivity contribution in [2.24, 2.45) is 7.05 Å². The highest BCUT2D eigenvalue weighted by molar-refractivity contribution is 5.79. The van der Waals surface area contributed by atoms with Crippen LogP contribution in [0.5, 0.6) is 0 Å². The van der Waals surface area contributed by atoms with Crippen LogP contribution in [0.2, 0.25) is 0 Å². The van der Waals surface area contributed by atoms with Gasteiger partial charge in [-0.3, -0.25) is 0 Å². The van der Waals surface area contributed by atoms with Crippen LogP contribution in [0.25, 0.3) is 11.0 Å². The number of benzene rings is 1. The molecule has 13 heavy (non-hydrogen) atoms. The fourth-order valence-corrected chi connectivity index (χ4v) is 1.65. The second-order valence-corrected chi connectivity index (χ2v) is 3.73. The van der Waals surface area contributed by atoms with Crippen LogP contribution in [-0.4, -0.2) is 9.55 Å². The van der Waals surface area contributed by atoms with E-state index in [0.717, 1.165) is 5.52 Å². The van der Waals surface area contributed by atoms with E-state index >= 15 is 0 Å². The molecule has 0 saturated heterocycles. The third kappa shape index (κ3) is 1.22.